The van der Waals surface area contributed by atoms with Crippen LogP contribution in [-0.4, -0.2) is 31.9 Å². The number of nitrogens with zero attached hydrogens (tertiary/aromatic N) is 2. The summed E-state index contributed by atoms with van der Waals surface area (Å²) in [5.41, 5.74) is 6.28. The average Bonchev–Trinajstić information content (AvgIpc) is 2.41. The highest BCUT2D eigenvalue weighted by Gasteiger charge is 2.33. The third-order valence-corrected chi connectivity index (χ3v) is 6.01. The Hall–Kier alpha value is -1.13. The minimum atomic E-state index is -3.66. The largest absolute Gasteiger partial charge is 0.326 e. The summed E-state index contributed by atoms with van der Waals surface area (Å²) in [5, 5.41) is 8.85. The Morgan fingerprint density at radius 2 is 2.20 bits per heavy atom. The maximum absolute atomic E-state index is 12.6. The van der Waals surface area contributed by atoms with E-state index in [1.165, 1.54) is 22.5 Å². The Kier molecular flexibility index (Phi) is 4.35. The van der Waals surface area contributed by atoms with Gasteiger partial charge in [-0.15, -0.1) is 0 Å². The van der Waals surface area contributed by atoms with E-state index in [4.69, 9.17) is 22.6 Å². The lowest BCUT2D eigenvalue weighted by Crippen LogP contribution is -2.49. The molecule has 7 heteroatoms. The van der Waals surface area contributed by atoms with Crippen LogP contribution in [0.5, 0.6) is 0 Å². The molecule has 1 aromatic rings. The molecule has 0 spiro atoms. The first-order valence-corrected chi connectivity index (χ1v) is 8.13. The molecule has 5 nitrogen and oxygen atoms in total. The number of rotatable bonds is 2. The van der Waals surface area contributed by atoms with Crippen molar-refractivity contribution < 1.29 is 8.42 Å². The summed E-state index contributed by atoms with van der Waals surface area (Å²) in [6.07, 6.45) is 0.730. The molecule has 0 bridgehead atoms. The molecule has 1 saturated heterocycles. The molecule has 2 unspecified atom stereocenters. The molecule has 0 aliphatic carbocycles. The highest BCUT2D eigenvalue weighted by Crippen LogP contribution is 2.28. The Bertz CT molecular complexity index is 654. The number of sulfonamides is 1. The van der Waals surface area contributed by atoms with Crippen LogP contribution >= 0.6 is 11.6 Å². The van der Waals surface area contributed by atoms with Gasteiger partial charge in [-0.2, -0.15) is 9.57 Å². The minimum absolute atomic E-state index is 0.0277. The van der Waals surface area contributed by atoms with Crippen LogP contribution in [0.1, 0.15) is 18.9 Å². The van der Waals surface area contributed by atoms with Crippen molar-refractivity contribution in [3.63, 3.8) is 0 Å². The molecule has 1 aliphatic heterocycles. The fraction of sp³-hybridized carbons (Fsp3) is 0.462. The molecular weight excluding hydrogens is 298 g/mol. The second-order valence-electron chi connectivity index (χ2n) is 5.05. The Balaban J connectivity index is 2.34. The highest BCUT2D eigenvalue weighted by atomic mass is 35.5. The Morgan fingerprint density at radius 1 is 1.50 bits per heavy atom. The zero-order chi connectivity index (χ0) is 14.9. The first-order chi connectivity index (χ1) is 9.36. The number of piperidine rings is 1. The van der Waals surface area contributed by atoms with Gasteiger partial charge in [-0.05, 0) is 30.5 Å². The Labute approximate surface area is 124 Å². The van der Waals surface area contributed by atoms with E-state index in [-0.39, 0.29) is 16.0 Å². The second kappa shape index (κ2) is 5.70. The maximum atomic E-state index is 12.6. The standard InChI is InChI=1S/C13H16ClN3O2S/c1-9-4-5-17(8-12(9)16)20(18,19)13-3-2-10(7-15)6-11(13)14/h2-3,6,9,12H,4-5,8,16H2,1H3. The molecule has 0 aromatic heterocycles. The molecule has 20 heavy (non-hydrogen) atoms. The topological polar surface area (TPSA) is 87.2 Å². The summed E-state index contributed by atoms with van der Waals surface area (Å²) in [6.45, 7) is 2.75. The van der Waals surface area contributed by atoms with Gasteiger partial charge in [0.15, 0.2) is 0 Å². The van der Waals surface area contributed by atoms with Crippen molar-refractivity contribution in [3.8, 4) is 6.07 Å². The zero-order valence-electron chi connectivity index (χ0n) is 11.1. The molecule has 1 heterocycles. The normalized spacial score (nSPS) is 24.3. The van der Waals surface area contributed by atoms with E-state index in [1.54, 1.807) is 0 Å². The van der Waals surface area contributed by atoms with Crippen LogP contribution in [0.15, 0.2) is 23.1 Å². The van der Waals surface area contributed by atoms with Crippen molar-refractivity contribution in [1.29, 1.82) is 5.26 Å². The molecule has 2 atom stereocenters. The first-order valence-electron chi connectivity index (χ1n) is 6.31. The van der Waals surface area contributed by atoms with Crippen molar-refractivity contribution in [2.45, 2.75) is 24.3 Å². The van der Waals surface area contributed by atoms with Crippen LogP contribution in [0.2, 0.25) is 5.02 Å². The molecule has 1 fully saturated rings. The highest BCUT2D eigenvalue weighted by molar-refractivity contribution is 7.89. The van der Waals surface area contributed by atoms with E-state index in [2.05, 4.69) is 0 Å². The van der Waals surface area contributed by atoms with Crippen LogP contribution in [0, 0.1) is 17.2 Å². The first kappa shape index (κ1) is 15.3. The van der Waals surface area contributed by atoms with E-state index in [9.17, 15) is 8.42 Å². The van der Waals surface area contributed by atoms with Gasteiger partial charge in [0.25, 0.3) is 0 Å². The van der Waals surface area contributed by atoms with Gasteiger partial charge in [0.1, 0.15) is 4.90 Å². The lowest BCUT2D eigenvalue weighted by atomic mass is 9.96. The number of halogens is 1. The van der Waals surface area contributed by atoms with Crippen molar-refractivity contribution >= 4 is 21.6 Å². The fourth-order valence-electron chi connectivity index (χ4n) is 2.21. The van der Waals surface area contributed by atoms with Crippen molar-refractivity contribution in [3.05, 3.63) is 28.8 Å². The molecule has 0 amide bonds. The molecule has 0 radical (unpaired) electrons. The van der Waals surface area contributed by atoms with Crippen LogP contribution in [0.4, 0.5) is 0 Å². The summed E-state index contributed by atoms with van der Waals surface area (Å²) in [5.74, 6) is 0.304. The Morgan fingerprint density at radius 3 is 2.75 bits per heavy atom. The maximum Gasteiger partial charge on any atom is 0.244 e. The van der Waals surface area contributed by atoms with Crippen LogP contribution in [0.3, 0.4) is 0 Å². The minimum Gasteiger partial charge on any atom is -0.326 e. The van der Waals surface area contributed by atoms with Gasteiger partial charge < -0.3 is 5.73 Å². The third-order valence-electron chi connectivity index (χ3n) is 3.66. The number of hydrogen-bond donors (Lipinski definition) is 1. The molecule has 1 aromatic carbocycles. The molecule has 1 aliphatic rings. The van der Waals surface area contributed by atoms with Crippen molar-refractivity contribution in [2.75, 3.05) is 13.1 Å². The lowest BCUT2D eigenvalue weighted by Gasteiger charge is -2.34. The second-order valence-corrected chi connectivity index (χ2v) is 7.36. The zero-order valence-corrected chi connectivity index (χ0v) is 12.7. The summed E-state index contributed by atoms with van der Waals surface area (Å²) in [7, 11) is -3.66. The lowest BCUT2D eigenvalue weighted by molar-refractivity contribution is 0.253. The molecule has 0 saturated carbocycles. The van der Waals surface area contributed by atoms with E-state index < -0.39 is 10.0 Å². The summed E-state index contributed by atoms with van der Waals surface area (Å²) in [6, 6.07) is 5.94. The molecule has 2 N–H and O–H groups in total. The smallest absolute Gasteiger partial charge is 0.244 e. The van der Waals surface area contributed by atoms with Crippen molar-refractivity contribution in [1.82, 2.24) is 4.31 Å². The quantitative estimate of drug-likeness (QED) is 0.897. The van der Waals surface area contributed by atoms with Gasteiger partial charge >= 0.3 is 0 Å². The van der Waals surface area contributed by atoms with E-state index >= 15 is 0 Å². The van der Waals surface area contributed by atoms with Gasteiger partial charge in [-0.1, -0.05) is 18.5 Å². The molecule has 2 rings (SSSR count). The number of hydrogen-bond acceptors (Lipinski definition) is 4. The van der Waals surface area contributed by atoms with Gasteiger partial charge in [0, 0.05) is 19.1 Å². The van der Waals surface area contributed by atoms with Gasteiger partial charge in [-0.3, -0.25) is 0 Å². The SMILES string of the molecule is CC1CCN(S(=O)(=O)c2ccc(C#N)cc2Cl)CC1N. The molecular formula is C13H16ClN3O2S. The third kappa shape index (κ3) is 2.81. The predicted octanol–water partition coefficient (Wildman–Crippen LogP) is 1.57. The van der Waals surface area contributed by atoms with Gasteiger partial charge in [0.2, 0.25) is 10.0 Å². The number of nitrogens with two attached hydrogens (primary N) is 1. The summed E-state index contributed by atoms with van der Waals surface area (Å²) < 4.78 is 26.5. The van der Waals surface area contributed by atoms with Gasteiger partial charge in [-0.25, -0.2) is 8.42 Å². The number of benzene rings is 1. The van der Waals surface area contributed by atoms with E-state index in [0.717, 1.165) is 6.42 Å². The van der Waals surface area contributed by atoms with E-state index in [1.807, 2.05) is 13.0 Å². The van der Waals surface area contributed by atoms with Crippen LogP contribution in [-0.2, 0) is 10.0 Å². The van der Waals surface area contributed by atoms with Crippen molar-refractivity contribution in [2.24, 2.45) is 11.7 Å². The monoisotopic (exact) mass is 313 g/mol. The fourth-order valence-corrected chi connectivity index (χ4v) is 4.22. The van der Waals surface area contributed by atoms with Crippen LogP contribution in [0.25, 0.3) is 0 Å². The van der Waals surface area contributed by atoms with Crippen LogP contribution < -0.4 is 5.73 Å². The van der Waals surface area contributed by atoms with E-state index in [0.29, 0.717) is 24.6 Å². The summed E-state index contributed by atoms with van der Waals surface area (Å²) in [4.78, 5) is 0.0277. The number of nitriles is 1. The summed E-state index contributed by atoms with van der Waals surface area (Å²) >= 11 is 5.99. The molecule has 108 valence electrons. The van der Waals surface area contributed by atoms with Gasteiger partial charge in [0.05, 0.1) is 16.7 Å². The predicted molar refractivity (Wildman–Crippen MR) is 76.7 cm³/mol. The average molecular weight is 314 g/mol.